The molecule has 5 aliphatic rings. The van der Waals surface area contributed by atoms with Crippen molar-refractivity contribution in [3.8, 4) is 11.5 Å². The molecule has 0 unspecified atom stereocenters. The predicted molar refractivity (Wildman–Crippen MR) is 271 cm³/mol. The van der Waals surface area contributed by atoms with E-state index in [0.29, 0.717) is 0 Å². The van der Waals surface area contributed by atoms with Gasteiger partial charge in [-0.15, -0.1) is 0 Å². The third-order valence-electron chi connectivity index (χ3n) is 15.2. The van der Waals surface area contributed by atoms with E-state index in [1.54, 1.807) is 0 Å². The predicted octanol–water partition coefficient (Wildman–Crippen LogP) is 11.1. The van der Waals surface area contributed by atoms with E-state index in [4.69, 9.17) is 4.74 Å². The molecule has 0 aromatic heterocycles. The number of hydrogen-bond acceptors (Lipinski definition) is 4. The van der Waals surface area contributed by atoms with Crippen LogP contribution in [0.2, 0.25) is 0 Å². The van der Waals surface area contributed by atoms with Gasteiger partial charge in [0.1, 0.15) is 11.5 Å². The molecule has 4 heterocycles. The Kier molecular flexibility index (Phi) is 7.83. The summed E-state index contributed by atoms with van der Waals surface area (Å²) in [6.07, 6.45) is 2.34. The van der Waals surface area contributed by atoms with Crippen molar-refractivity contribution >= 4 is 97.4 Å². The summed E-state index contributed by atoms with van der Waals surface area (Å²) in [5, 5.41) is 0. The molecule has 0 bridgehead atoms. The fraction of sp³-hybridized carbons (Fsp3) is 0.172. The number of para-hydroxylation sites is 4. The van der Waals surface area contributed by atoms with Gasteiger partial charge in [-0.1, -0.05) is 113 Å². The molecular formula is C58H49B2N3O. The maximum absolute atomic E-state index is 7.31. The maximum atomic E-state index is 7.31. The van der Waals surface area contributed by atoms with Crippen LogP contribution in [0.5, 0.6) is 11.5 Å². The lowest BCUT2D eigenvalue weighted by Gasteiger charge is -2.46. The summed E-state index contributed by atoms with van der Waals surface area (Å²) < 4.78 is 7.31. The van der Waals surface area contributed by atoms with Gasteiger partial charge in [-0.05, 0) is 165 Å². The average Bonchev–Trinajstić information content (AvgIpc) is 3.30. The van der Waals surface area contributed by atoms with Crippen LogP contribution in [0.1, 0.15) is 62.8 Å². The van der Waals surface area contributed by atoms with Gasteiger partial charge in [-0.2, -0.15) is 0 Å². The lowest BCUT2D eigenvalue weighted by Crippen LogP contribution is -2.64. The molecule has 4 nitrogen and oxygen atoms in total. The van der Waals surface area contributed by atoms with Crippen LogP contribution in [0.4, 0.5) is 51.2 Å². The van der Waals surface area contributed by atoms with Crippen molar-refractivity contribution in [1.82, 2.24) is 0 Å². The van der Waals surface area contributed by atoms with Gasteiger partial charge in [0.05, 0.1) is 0 Å². The quantitative estimate of drug-likeness (QED) is 0.165. The van der Waals surface area contributed by atoms with Crippen LogP contribution >= 0.6 is 0 Å². The Morgan fingerprint density at radius 2 is 0.891 bits per heavy atom. The molecule has 1 aliphatic carbocycles. The van der Waals surface area contributed by atoms with Crippen LogP contribution in [-0.4, -0.2) is 13.4 Å². The van der Waals surface area contributed by atoms with Gasteiger partial charge in [0.2, 0.25) is 0 Å². The number of hydrogen-bond donors (Lipinski definition) is 0. The van der Waals surface area contributed by atoms with Crippen molar-refractivity contribution in [2.75, 3.05) is 14.7 Å². The second-order valence-electron chi connectivity index (χ2n) is 20.1. The minimum atomic E-state index is -0.0189. The fourth-order valence-electron chi connectivity index (χ4n) is 12.1. The van der Waals surface area contributed by atoms with Crippen molar-refractivity contribution in [1.29, 1.82) is 0 Å². The van der Waals surface area contributed by atoms with Crippen LogP contribution in [0, 0.1) is 13.8 Å². The Morgan fingerprint density at radius 3 is 1.50 bits per heavy atom. The maximum Gasteiger partial charge on any atom is 0.256 e. The number of nitrogens with zero attached hydrogens (tertiary/aromatic N) is 3. The molecule has 0 spiro atoms. The van der Waals surface area contributed by atoms with E-state index in [1.165, 1.54) is 101 Å². The monoisotopic (exact) mass is 825 g/mol. The number of benzene rings is 8. The van der Waals surface area contributed by atoms with Crippen LogP contribution in [0.3, 0.4) is 0 Å². The third-order valence-corrected chi connectivity index (χ3v) is 15.2. The number of fused-ring (bicyclic) bond motifs is 9. The van der Waals surface area contributed by atoms with E-state index >= 15 is 0 Å². The van der Waals surface area contributed by atoms with Crippen LogP contribution in [0.15, 0.2) is 164 Å². The zero-order valence-corrected chi connectivity index (χ0v) is 37.4. The molecule has 8 aromatic rings. The second kappa shape index (κ2) is 13.3. The van der Waals surface area contributed by atoms with Gasteiger partial charge in [0, 0.05) is 57.3 Å². The van der Waals surface area contributed by atoms with Crippen molar-refractivity contribution in [3.05, 3.63) is 186 Å². The Morgan fingerprint density at radius 1 is 0.391 bits per heavy atom. The minimum Gasteiger partial charge on any atom is -0.458 e. The Hall–Kier alpha value is -6.91. The summed E-state index contributed by atoms with van der Waals surface area (Å²) in [5.74, 6) is 1.86. The van der Waals surface area contributed by atoms with Gasteiger partial charge < -0.3 is 19.4 Å². The molecule has 308 valence electrons. The zero-order valence-electron chi connectivity index (χ0n) is 37.4. The third kappa shape index (κ3) is 5.26. The highest BCUT2D eigenvalue weighted by Crippen LogP contribution is 2.51. The summed E-state index contributed by atoms with van der Waals surface area (Å²) in [5.41, 5.74) is 23.9. The lowest BCUT2D eigenvalue weighted by molar-refractivity contribution is 0.332. The highest BCUT2D eigenvalue weighted by molar-refractivity contribution is 7.02. The highest BCUT2D eigenvalue weighted by Gasteiger charge is 2.48. The first-order chi connectivity index (χ1) is 31.1. The normalized spacial score (nSPS) is 16.4. The molecule has 0 amide bonds. The first-order valence-electron chi connectivity index (χ1n) is 23.0. The van der Waals surface area contributed by atoms with Gasteiger partial charge in [-0.25, -0.2) is 0 Å². The largest absolute Gasteiger partial charge is 0.458 e. The molecule has 8 aromatic carbocycles. The Bertz CT molecular complexity index is 3270. The topological polar surface area (TPSA) is 19.0 Å². The van der Waals surface area contributed by atoms with Crippen molar-refractivity contribution in [2.45, 2.75) is 65.2 Å². The average molecular weight is 826 g/mol. The van der Waals surface area contributed by atoms with Crippen molar-refractivity contribution in [3.63, 3.8) is 0 Å². The Labute approximate surface area is 377 Å². The van der Waals surface area contributed by atoms with E-state index in [9.17, 15) is 0 Å². The molecular weight excluding hydrogens is 776 g/mol. The number of rotatable bonds is 3. The molecule has 0 saturated carbocycles. The summed E-state index contributed by atoms with van der Waals surface area (Å²) in [4.78, 5) is 7.52. The van der Waals surface area contributed by atoms with E-state index in [0.717, 1.165) is 29.3 Å². The van der Waals surface area contributed by atoms with E-state index in [-0.39, 0.29) is 24.3 Å². The van der Waals surface area contributed by atoms with Crippen molar-refractivity contribution in [2.24, 2.45) is 0 Å². The van der Waals surface area contributed by atoms with Crippen LogP contribution in [-0.2, 0) is 10.8 Å². The fourth-order valence-corrected chi connectivity index (χ4v) is 12.1. The number of ether oxygens (including phenoxy) is 1. The summed E-state index contributed by atoms with van der Waals surface area (Å²) in [6, 6.07) is 61.6. The smallest absolute Gasteiger partial charge is 0.256 e. The molecule has 13 rings (SSSR count). The van der Waals surface area contributed by atoms with Gasteiger partial charge in [0.15, 0.2) is 0 Å². The molecule has 0 fully saturated rings. The zero-order chi connectivity index (χ0) is 43.2. The van der Waals surface area contributed by atoms with Gasteiger partial charge >= 0.3 is 0 Å². The first-order valence-corrected chi connectivity index (χ1v) is 23.0. The van der Waals surface area contributed by atoms with Gasteiger partial charge in [-0.3, -0.25) is 0 Å². The lowest BCUT2D eigenvalue weighted by atomic mass is 9.30. The van der Waals surface area contributed by atoms with E-state index in [1.807, 2.05) is 0 Å². The highest BCUT2D eigenvalue weighted by atomic mass is 16.5. The molecule has 0 N–H and O–H groups in total. The number of aryl methyl sites for hydroxylation is 2. The molecule has 0 saturated heterocycles. The van der Waals surface area contributed by atoms with Gasteiger partial charge in [0.25, 0.3) is 13.4 Å². The first kappa shape index (κ1) is 37.6. The molecule has 0 radical (unpaired) electrons. The summed E-state index contributed by atoms with van der Waals surface area (Å²) in [6.45, 7) is 14.1. The molecule has 4 aliphatic heterocycles. The van der Waals surface area contributed by atoms with Crippen LogP contribution in [0.25, 0.3) is 0 Å². The van der Waals surface area contributed by atoms with Crippen LogP contribution < -0.4 is 52.2 Å². The molecule has 0 atom stereocenters. The van der Waals surface area contributed by atoms with E-state index in [2.05, 4.69) is 220 Å². The van der Waals surface area contributed by atoms with Crippen molar-refractivity contribution < 1.29 is 4.74 Å². The summed E-state index contributed by atoms with van der Waals surface area (Å²) >= 11 is 0. The number of anilines is 9. The molecule has 64 heavy (non-hydrogen) atoms. The minimum absolute atomic E-state index is 0.00940. The SMILES string of the molecule is Cc1cc2c3c(c1)N(c1ccccc1)c1ccccc1B3c1cc3c(cc1O2)N(c1ccc2c(c1)C(C)(C)CCC2(C)C)c1cc(C)cc2c1B3c1ccccc1N2c1ccccc1. The Balaban J connectivity index is 1.11. The van der Waals surface area contributed by atoms with E-state index < -0.39 is 0 Å². The second-order valence-corrected chi connectivity index (χ2v) is 20.1. The molecule has 6 heteroatoms. The summed E-state index contributed by atoms with van der Waals surface area (Å²) in [7, 11) is 0. The standard InChI is InChI=1S/C58H49B2N3O/c1-36-29-50-55-51(30-36)63(40-25-26-41-42(33-40)58(5,6)28-27-57(41,3)4)49-35-53-46(34-45(49)59(55)43-21-13-15-23-47(43)61(50)38-17-9-7-10-18-38)60-44-22-14-16-24-48(44)62(39-19-11-8-12-20-39)52-31-37(2)32-54(64-53)56(52)60/h7-26,29-35H,27-28H2,1-6H3.